The summed E-state index contributed by atoms with van der Waals surface area (Å²) in [4.78, 5) is 11.1. The van der Waals surface area contributed by atoms with Crippen molar-refractivity contribution in [2.45, 2.75) is 13.5 Å². The van der Waals surface area contributed by atoms with Crippen LogP contribution in [0.4, 0.5) is 0 Å². The number of hydrogen-bond donors (Lipinski definition) is 1. The number of nitrogens with zero attached hydrogens (tertiary/aromatic N) is 1. The topological polar surface area (TPSA) is 64.6 Å². The number of furan rings is 1. The highest BCUT2D eigenvalue weighted by molar-refractivity contribution is 5.86. The molecule has 0 atom stereocenters. The third-order valence-electron chi connectivity index (χ3n) is 3.34. The van der Waals surface area contributed by atoms with Crippen molar-refractivity contribution >= 4 is 16.9 Å². The Bertz CT molecular complexity index is 785. The molecule has 0 aliphatic heterocycles. The maximum absolute atomic E-state index is 11.1. The quantitative estimate of drug-likeness (QED) is 0.780. The third-order valence-corrected chi connectivity index (χ3v) is 3.34. The van der Waals surface area contributed by atoms with Crippen molar-refractivity contribution in [2.24, 2.45) is 0 Å². The summed E-state index contributed by atoms with van der Waals surface area (Å²) in [6.45, 7) is 3.03. The van der Waals surface area contributed by atoms with Gasteiger partial charge in [-0.15, -0.1) is 0 Å². The Hall–Kier alpha value is -2.69. The van der Waals surface area contributed by atoms with Crippen LogP contribution in [-0.2, 0) is 6.54 Å². The van der Waals surface area contributed by atoms with E-state index < -0.39 is 5.97 Å². The average molecular weight is 285 g/mol. The molecule has 0 bridgehead atoms. The van der Waals surface area contributed by atoms with Crippen molar-refractivity contribution in [1.82, 2.24) is 4.57 Å². The van der Waals surface area contributed by atoms with E-state index in [1.807, 2.05) is 42.0 Å². The van der Waals surface area contributed by atoms with Gasteiger partial charge in [0.25, 0.3) is 0 Å². The van der Waals surface area contributed by atoms with E-state index in [9.17, 15) is 4.79 Å². The van der Waals surface area contributed by atoms with Crippen LogP contribution in [0.2, 0.25) is 0 Å². The van der Waals surface area contributed by atoms with Gasteiger partial charge < -0.3 is 18.8 Å². The minimum atomic E-state index is -1.05. The molecule has 0 saturated heterocycles. The number of carbonyl (C=O) groups is 1. The summed E-state index contributed by atoms with van der Waals surface area (Å²) in [7, 11) is 0. The SMILES string of the molecule is CCOc1ccc2c(ccn2Cc2ccoc2C(=O)O)c1. The zero-order valence-corrected chi connectivity index (χ0v) is 11.6. The second-order valence-electron chi connectivity index (χ2n) is 4.68. The second-order valence-corrected chi connectivity index (χ2v) is 4.68. The Labute approximate surface area is 121 Å². The number of fused-ring (bicyclic) bond motifs is 1. The van der Waals surface area contributed by atoms with Crippen LogP contribution in [0, 0.1) is 0 Å². The number of ether oxygens (including phenoxy) is 1. The first-order valence-corrected chi connectivity index (χ1v) is 6.70. The molecule has 3 aromatic rings. The lowest BCUT2D eigenvalue weighted by Gasteiger charge is -2.06. The highest BCUT2D eigenvalue weighted by atomic mass is 16.5. The van der Waals surface area contributed by atoms with Crippen LogP contribution in [0.25, 0.3) is 10.9 Å². The lowest BCUT2D eigenvalue weighted by Crippen LogP contribution is -2.03. The van der Waals surface area contributed by atoms with Gasteiger partial charge >= 0.3 is 5.97 Å². The normalized spacial score (nSPS) is 10.9. The number of benzene rings is 1. The Morgan fingerprint density at radius 2 is 2.19 bits per heavy atom. The van der Waals surface area contributed by atoms with Crippen LogP contribution >= 0.6 is 0 Å². The molecule has 0 saturated carbocycles. The first-order valence-electron chi connectivity index (χ1n) is 6.70. The third kappa shape index (κ3) is 2.50. The van der Waals surface area contributed by atoms with E-state index in [0.29, 0.717) is 18.7 Å². The fourth-order valence-electron chi connectivity index (χ4n) is 2.40. The lowest BCUT2D eigenvalue weighted by atomic mass is 10.2. The van der Waals surface area contributed by atoms with Gasteiger partial charge in [0, 0.05) is 22.7 Å². The van der Waals surface area contributed by atoms with Crippen LogP contribution < -0.4 is 4.74 Å². The summed E-state index contributed by atoms with van der Waals surface area (Å²) >= 11 is 0. The summed E-state index contributed by atoms with van der Waals surface area (Å²) in [5.74, 6) is -0.231. The zero-order chi connectivity index (χ0) is 14.8. The number of hydrogen-bond acceptors (Lipinski definition) is 3. The van der Waals surface area contributed by atoms with E-state index in [1.165, 1.54) is 6.26 Å². The minimum absolute atomic E-state index is 0.0113. The molecule has 0 radical (unpaired) electrons. The number of carboxylic acids is 1. The predicted octanol–water partition coefficient (Wildman–Crippen LogP) is 3.38. The molecule has 1 aromatic carbocycles. The highest BCUT2D eigenvalue weighted by Gasteiger charge is 2.14. The van der Waals surface area contributed by atoms with Gasteiger partial charge in [0.2, 0.25) is 5.76 Å². The van der Waals surface area contributed by atoms with Gasteiger partial charge in [-0.05, 0) is 37.3 Å². The van der Waals surface area contributed by atoms with E-state index in [-0.39, 0.29) is 5.76 Å². The number of aromatic nitrogens is 1. The van der Waals surface area contributed by atoms with Crippen molar-refractivity contribution in [3.8, 4) is 5.75 Å². The smallest absolute Gasteiger partial charge is 0.372 e. The molecule has 0 aliphatic carbocycles. The Balaban J connectivity index is 1.94. The van der Waals surface area contributed by atoms with Crippen molar-refractivity contribution in [2.75, 3.05) is 6.61 Å². The van der Waals surface area contributed by atoms with E-state index in [1.54, 1.807) is 6.07 Å². The summed E-state index contributed by atoms with van der Waals surface area (Å²) < 4.78 is 12.5. The first kappa shape index (κ1) is 13.3. The van der Waals surface area contributed by atoms with Gasteiger partial charge in [0.15, 0.2) is 0 Å². The standard InChI is InChI=1S/C16H15NO4/c1-2-20-13-3-4-14-11(9-13)5-7-17(14)10-12-6-8-21-15(12)16(18)19/h3-9H,2,10H2,1H3,(H,18,19). The summed E-state index contributed by atoms with van der Waals surface area (Å²) in [6.07, 6.45) is 3.33. The Kier molecular flexibility index (Phi) is 3.39. The van der Waals surface area contributed by atoms with E-state index in [0.717, 1.165) is 16.7 Å². The summed E-state index contributed by atoms with van der Waals surface area (Å²) in [6, 6.07) is 9.53. The monoisotopic (exact) mass is 285 g/mol. The zero-order valence-electron chi connectivity index (χ0n) is 11.6. The maximum Gasteiger partial charge on any atom is 0.372 e. The van der Waals surface area contributed by atoms with Gasteiger partial charge in [-0.25, -0.2) is 4.79 Å². The maximum atomic E-state index is 11.1. The molecule has 5 nitrogen and oxygen atoms in total. The molecule has 5 heteroatoms. The average Bonchev–Trinajstić information content (AvgIpc) is 3.07. The molecule has 1 N–H and O–H groups in total. The molecular formula is C16H15NO4. The van der Waals surface area contributed by atoms with E-state index in [2.05, 4.69) is 0 Å². The lowest BCUT2D eigenvalue weighted by molar-refractivity contribution is 0.0660. The first-order chi connectivity index (χ1) is 10.2. The van der Waals surface area contributed by atoms with E-state index in [4.69, 9.17) is 14.3 Å². The van der Waals surface area contributed by atoms with Crippen molar-refractivity contribution in [3.63, 3.8) is 0 Å². The molecule has 2 aromatic heterocycles. The van der Waals surface area contributed by atoms with Crippen molar-refractivity contribution in [1.29, 1.82) is 0 Å². The predicted molar refractivity (Wildman–Crippen MR) is 77.9 cm³/mol. The molecule has 2 heterocycles. The van der Waals surface area contributed by atoms with Crippen LogP contribution in [-0.4, -0.2) is 22.2 Å². The van der Waals surface area contributed by atoms with Crippen LogP contribution in [0.5, 0.6) is 5.75 Å². The molecule has 0 fully saturated rings. The highest BCUT2D eigenvalue weighted by Crippen LogP contribution is 2.23. The molecule has 108 valence electrons. The van der Waals surface area contributed by atoms with Crippen LogP contribution in [0.15, 0.2) is 47.2 Å². The molecule has 0 amide bonds. The Morgan fingerprint density at radius 1 is 1.33 bits per heavy atom. The molecule has 0 unspecified atom stereocenters. The number of aromatic carboxylic acids is 1. The van der Waals surface area contributed by atoms with Gasteiger partial charge in [-0.2, -0.15) is 0 Å². The summed E-state index contributed by atoms with van der Waals surface area (Å²) in [5.41, 5.74) is 1.67. The largest absolute Gasteiger partial charge is 0.494 e. The molecule has 21 heavy (non-hydrogen) atoms. The fourth-order valence-corrected chi connectivity index (χ4v) is 2.40. The van der Waals surface area contributed by atoms with Gasteiger partial charge in [-0.1, -0.05) is 0 Å². The molecular weight excluding hydrogens is 270 g/mol. The van der Waals surface area contributed by atoms with Gasteiger partial charge in [0.05, 0.1) is 19.4 Å². The Morgan fingerprint density at radius 3 is 2.95 bits per heavy atom. The van der Waals surface area contributed by atoms with Crippen molar-refractivity contribution < 1.29 is 19.1 Å². The molecule has 0 spiro atoms. The van der Waals surface area contributed by atoms with Crippen LogP contribution in [0.3, 0.4) is 0 Å². The van der Waals surface area contributed by atoms with Gasteiger partial charge in [0.1, 0.15) is 5.75 Å². The number of carboxylic acid groups (broad SMARTS) is 1. The molecule has 0 aliphatic rings. The fraction of sp³-hybridized carbons (Fsp3) is 0.188. The van der Waals surface area contributed by atoms with Crippen molar-refractivity contribution in [3.05, 3.63) is 54.1 Å². The number of rotatable bonds is 5. The molecule has 3 rings (SSSR count). The van der Waals surface area contributed by atoms with Gasteiger partial charge in [-0.3, -0.25) is 0 Å². The minimum Gasteiger partial charge on any atom is -0.494 e. The van der Waals surface area contributed by atoms with E-state index >= 15 is 0 Å². The summed E-state index contributed by atoms with van der Waals surface area (Å²) in [5, 5.41) is 10.1. The van der Waals surface area contributed by atoms with Crippen LogP contribution in [0.1, 0.15) is 23.0 Å². The second kappa shape index (κ2) is 5.36.